The van der Waals surface area contributed by atoms with Crippen LogP contribution in [0.1, 0.15) is 72.1 Å². The van der Waals surface area contributed by atoms with Crippen LogP contribution in [0.3, 0.4) is 0 Å². The van der Waals surface area contributed by atoms with Crippen LogP contribution in [0.4, 0.5) is 0 Å². The van der Waals surface area contributed by atoms with Crippen molar-refractivity contribution in [2.24, 2.45) is 39.9 Å². The second kappa shape index (κ2) is 4.35. The Labute approximate surface area is 141 Å². The predicted molar refractivity (Wildman–Crippen MR) is 91.8 cm³/mol. The highest BCUT2D eigenvalue weighted by molar-refractivity contribution is 5.83. The summed E-state index contributed by atoms with van der Waals surface area (Å²) in [6, 6.07) is 0. The zero-order valence-corrected chi connectivity index (χ0v) is 15.2. The molecule has 5 saturated carbocycles. The van der Waals surface area contributed by atoms with E-state index in [9.17, 15) is 4.79 Å². The fraction of sp³-hybridized carbons (Fsp3) is 0.952. The van der Waals surface area contributed by atoms with Gasteiger partial charge >= 0.3 is 0 Å². The van der Waals surface area contributed by atoms with Crippen molar-refractivity contribution < 1.29 is 4.79 Å². The van der Waals surface area contributed by atoms with E-state index in [0.29, 0.717) is 16.7 Å². The van der Waals surface area contributed by atoms with E-state index >= 15 is 0 Å². The average molecular weight is 316 g/mol. The van der Waals surface area contributed by atoms with Gasteiger partial charge in [0.25, 0.3) is 0 Å². The molecule has 0 aromatic rings. The molecule has 1 saturated heterocycles. The van der Waals surface area contributed by atoms with Crippen molar-refractivity contribution in [2.75, 3.05) is 13.1 Å². The fourth-order valence-electron chi connectivity index (χ4n) is 7.89. The average Bonchev–Trinajstić information content (AvgIpc) is 2.62. The molecule has 0 radical (unpaired) electrons. The van der Waals surface area contributed by atoms with E-state index in [1.165, 1.54) is 51.4 Å². The molecular formula is C21H33NO. The van der Waals surface area contributed by atoms with Gasteiger partial charge in [0.1, 0.15) is 0 Å². The summed E-state index contributed by atoms with van der Waals surface area (Å²) in [6.45, 7) is 9.43. The Hall–Kier alpha value is -0.530. The molecule has 1 unspecified atom stereocenters. The van der Waals surface area contributed by atoms with Crippen LogP contribution in [-0.2, 0) is 4.79 Å². The molecule has 1 heterocycles. The highest BCUT2D eigenvalue weighted by Gasteiger charge is 2.60. The van der Waals surface area contributed by atoms with Crippen molar-refractivity contribution in [1.82, 2.24) is 4.90 Å². The van der Waals surface area contributed by atoms with E-state index in [-0.39, 0.29) is 5.41 Å². The first-order valence-corrected chi connectivity index (χ1v) is 10.1. The van der Waals surface area contributed by atoms with Crippen LogP contribution in [0.5, 0.6) is 0 Å². The molecule has 1 amide bonds. The summed E-state index contributed by atoms with van der Waals surface area (Å²) in [5.74, 6) is 3.92. The number of fused-ring (bicyclic) bond motifs is 2. The number of hydrogen-bond acceptors (Lipinski definition) is 1. The topological polar surface area (TPSA) is 20.3 Å². The molecule has 6 rings (SSSR count). The highest BCUT2D eigenvalue weighted by atomic mass is 16.2. The molecule has 128 valence electrons. The lowest BCUT2D eigenvalue weighted by Gasteiger charge is -2.58. The van der Waals surface area contributed by atoms with Crippen LogP contribution in [0, 0.1) is 39.9 Å². The third-order valence-electron chi connectivity index (χ3n) is 9.38. The zero-order valence-electron chi connectivity index (χ0n) is 15.2. The Bertz CT molecular complexity index is 515. The first-order valence-electron chi connectivity index (χ1n) is 10.1. The summed E-state index contributed by atoms with van der Waals surface area (Å²) >= 11 is 0. The molecular weight excluding hydrogens is 282 g/mol. The number of hydrogen-bond donors (Lipinski definition) is 0. The molecule has 0 spiro atoms. The number of carbonyl (C=O) groups excluding carboxylic acids is 1. The number of amides is 1. The summed E-state index contributed by atoms with van der Waals surface area (Å²) in [5.41, 5.74) is 0.811. The Morgan fingerprint density at radius 2 is 1.52 bits per heavy atom. The lowest BCUT2D eigenvalue weighted by Crippen LogP contribution is -2.60. The molecule has 6 fully saturated rings. The largest absolute Gasteiger partial charge is 0.341 e. The fourth-order valence-corrected chi connectivity index (χ4v) is 7.89. The highest BCUT2D eigenvalue weighted by Crippen LogP contribution is 2.63. The van der Waals surface area contributed by atoms with E-state index in [0.717, 1.165) is 36.8 Å². The van der Waals surface area contributed by atoms with Gasteiger partial charge in [-0.05, 0) is 85.9 Å². The zero-order chi connectivity index (χ0) is 16.0. The molecule has 1 aliphatic heterocycles. The molecule has 2 heteroatoms. The first-order chi connectivity index (χ1) is 10.8. The third kappa shape index (κ3) is 1.84. The van der Waals surface area contributed by atoms with Gasteiger partial charge in [0, 0.05) is 13.1 Å². The lowest BCUT2D eigenvalue weighted by atomic mass is 9.49. The monoisotopic (exact) mass is 315 g/mol. The van der Waals surface area contributed by atoms with E-state index in [1.54, 1.807) is 0 Å². The number of carbonyl (C=O) groups is 1. The molecule has 0 N–H and O–H groups in total. The molecule has 5 aliphatic carbocycles. The van der Waals surface area contributed by atoms with Gasteiger partial charge in [0.05, 0.1) is 5.41 Å². The molecule has 6 aliphatic rings. The Balaban J connectivity index is 1.42. The van der Waals surface area contributed by atoms with Crippen LogP contribution >= 0.6 is 0 Å². The van der Waals surface area contributed by atoms with Gasteiger partial charge in [-0.25, -0.2) is 0 Å². The minimum Gasteiger partial charge on any atom is -0.341 e. The number of rotatable bonds is 1. The SMILES string of the molecule is CC1(C)C2CC[C@]1(C)CN(C(=O)C13CC4CC(CC(C4)C1)C3)C2. The molecule has 23 heavy (non-hydrogen) atoms. The van der Waals surface area contributed by atoms with E-state index in [2.05, 4.69) is 25.7 Å². The maximum Gasteiger partial charge on any atom is 0.228 e. The van der Waals surface area contributed by atoms with Gasteiger partial charge < -0.3 is 4.90 Å². The van der Waals surface area contributed by atoms with Crippen LogP contribution in [0.15, 0.2) is 0 Å². The summed E-state index contributed by atoms with van der Waals surface area (Å²) in [4.78, 5) is 16.0. The number of nitrogens with zero attached hydrogens (tertiary/aromatic N) is 1. The second-order valence-electron chi connectivity index (χ2n) is 10.9. The van der Waals surface area contributed by atoms with Crippen LogP contribution < -0.4 is 0 Å². The van der Waals surface area contributed by atoms with Crippen LogP contribution in [0.2, 0.25) is 0 Å². The minimum atomic E-state index is 0.0615. The third-order valence-corrected chi connectivity index (χ3v) is 9.38. The smallest absolute Gasteiger partial charge is 0.228 e. The van der Waals surface area contributed by atoms with Gasteiger partial charge in [-0.1, -0.05) is 20.8 Å². The molecule has 2 atom stereocenters. The molecule has 0 aromatic heterocycles. The first kappa shape index (κ1) is 14.8. The van der Waals surface area contributed by atoms with Crippen molar-refractivity contribution in [3.8, 4) is 0 Å². The number of piperidine rings is 1. The molecule has 0 aromatic carbocycles. The molecule has 6 bridgehead atoms. The number of likely N-dealkylation sites (tertiary alicyclic amines) is 1. The van der Waals surface area contributed by atoms with Crippen molar-refractivity contribution in [1.29, 1.82) is 0 Å². The Kier molecular flexibility index (Phi) is 2.80. The van der Waals surface area contributed by atoms with Crippen molar-refractivity contribution in [2.45, 2.75) is 72.1 Å². The maximum atomic E-state index is 13.6. The maximum absolute atomic E-state index is 13.6. The normalized spacial score (nSPS) is 52.9. The Morgan fingerprint density at radius 3 is 2.04 bits per heavy atom. The van der Waals surface area contributed by atoms with Crippen molar-refractivity contribution >= 4 is 5.91 Å². The Morgan fingerprint density at radius 1 is 0.957 bits per heavy atom. The van der Waals surface area contributed by atoms with Gasteiger partial charge in [-0.3, -0.25) is 4.79 Å². The summed E-state index contributed by atoms with van der Waals surface area (Å²) < 4.78 is 0. The van der Waals surface area contributed by atoms with Crippen molar-refractivity contribution in [3.63, 3.8) is 0 Å². The standard InChI is InChI=1S/C21H33NO/c1-19(2)17-4-5-20(19,3)13-22(12-17)18(23)21-9-14-6-15(10-21)8-16(7-14)11-21/h14-17H,4-13H2,1-3H3/t14?,15?,16?,17?,20-,21?/m1/s1. The summed E-state index contributed by atoms with van der Waals surface area (Å²) in [6.07, 6.45) is 10.6. The van der Waals surface area contributed by atoms with Crippen LogP contribution in [-0.4, -0.2) is 23.9 Å². The van der Waals surface area contributed by atoms with Gasteiger partial charge in [-0.2, -0.15) is 0 Å². The summed E-state index contributed by atoms with van der Waals surface area (Å²) in [7, 11) is 0. The van der Waals surface area contributed by atoms with Crippen LogP contribution in [0.25, 0.3) is 0 Å². The van der Waals surface area contributed by atoms with Crippen molar-refractivity contribution in [3.05, 3.63) is 0 Å². The predicted octanol–water partition coefficient (Wildman–Crippen LogP) is 4.49. The van der Waals surface area contributed by atoms with Gasteiger partial charge in [0.2, 0.25) is 5.91 Å². The van der Waals surface area contributed by atoms with Gasteiger partial charge in [0.15, 0.2) is 0 Å². The molecule has 2 nitrogen and oxygen atoms in total. The summed E-state index contributed by atoms with van der Waals surface area (Å²) in [5, 5.41) is 0. The minimum absolute atomic E-state index is 0.0615. The quantitative estimate of drug-likeness (QED) is 0.698. The van der Waals surface area contributed by atoms with E-state index < -0.39 is 0 Å². The van der Waals surface area contributed by atoms with E-state index in [1.807, 2.05) is 0 Å². The van der Waals surface area contributed by atoms with E-state index in [4.69, 9.17) is 0 Å². The second-order valence-corrected chi connectivity index (χ2v) is 10.9. The van der Waals surface area contributed by atoms with Gasteiger partial charge in [-0.15, -0.1) is 0 Å². The lowest BCUT2D eigenvalue weighted by molar-refractivity contribution is -0.165.